The number of aryl methyl sites for hydroxylation is 1. The Labute approximate surface area is 139 Å². The summed E-state index contributed by atoms with van der Waals surface area (Å²) in [4.78, 5) is 14.1. The Morgan fingerprint density at radius 2 is 2.04 bits per heavy atom. The number of amides is 2. The number of hydrogen-bond donors (Lipinski definition) is 2. The van der Waals surface area contributed by atoms with Crippen LogP contribution in [0.2, 0.25) is 0 Å². The molecule has 124 valence electrons. The lowest BCUT2D eigenvalue weighted by Gasteiger charge is -2.22. The third-order valence-electron chi connectivity index (χ3n) is 3.55. The molecule has 0 aliphatic carbocycles. The predicted molar refractivity (Wildman–Crippen MR) is 89.0 cm³/mol. The molecule has 2 amide bonds. The Bertz CT molecular complexity index is 759. The molecule has 0 atom stereocenters. The standard InChI is InChI=1S/C18H18N2O4/c1-13-7-8-15(16(21)9-13)19-18(22)20(17-11-23-12-24-17)10-14-5-3-2-4-6-14/h2-9,11,21H,10,12H2,1H3,(H,19,22). The molecule has 2 aromatic rings. The van der Waals surface area contributed by atoms with Gasteiger partial charge in [0.15, 0.2) is 0 Å². The molecule has 0 saturated carbocycles. The second-order valence-electron chi connectivity index (χ2n) is 5.41. The van der Waals surface area contributed by atoms with E-state index in [2.05, 4.69) is 5.32 Å². The number of nitrogens with zero attached hydrogens (tertiary/aromatic N) is 1. The molecule has 2 aromatic carbocycles. The van der Waals surface area contributed by atoms with Crippen molar-refractivity contribution in [3.63, 3.8) is 0 Å². The number of benzene rings is 2. The first-order valence-electron chi connectivity index (χ1n) is 7.50. The molecule has 6 nitrogen and oxygen atoms in total. The van der Waals surface area contributed by atoms with E-state index in [-0.39, 0.29) is 12.5 Å². The van der Waals surface area contributed by atoms with E-state index >= 15 is 0 Å². The van der Waals surface area contributed by atoms with E-state index in [9.17, 15) is 9.90 Å². The average Bonchev–Trinajstić information content (AvgIpc) is 3.10. The van der Waals surface area contributed by atoms with Crippen molar-refractivity contribution >= 4 is 11.7 Å². The fourth-order valence-electron chi connectivity index (χ4n) is 2.32. The van der Waals surface area contributed by atoms with Crippen molar-refractivity contribution in [2.45, 2.75) is 13.5 Å². The van der Waals surface area contributed by atoms with Gasteiger partial charge in [0.05, 0.1) is 12.2 Å². The van der Waals surface area contributed by atoms with Crippen molar-refractivity contribution in [1.82, 2.24) is 4.90 Å². The van der Waals surface area contributed by atoms with Gasteiger partial charge in [0.2, 0.25) is 12.7 Å². The summed E-state index contributed by atoms with van der Waals surface area (Å²) in [6, 6.07) is 14.2. The normalized spacial score (nSPS) is 12.8. The van der Waals surface area contributed by atoms with Gasteiger partial charge in [-0.3, -0.25) is 4.90 Å². The minimum atomic E-state index is -0.422. The van der Waals surface area contributed by atoms with Gasteiger partial charge in [-0.25, -0.2) is 4.79 Å². The highest BCUT2D eigenvalue weighted by molar-refractivity contribution is 5.91. The zero-order valence-corrected chi connectivity index (χ0v) is 13.2. The molecule has 0 unspecified atom stereocenters. The van der Waals surface area contributed by atoms with Crippen LogP contribution in [0.3, 0.4) is 0 Å². The summed E-state index contributed by atoms with van der Waals surface area (Å²) in [6.07, 6.45) is 1.40. The Hall–Kier alpha value is -3.15. The lowest BCUT2D eigenvalue weighted by atomic mass is 10.2. The summed E-state index contributed by atoms with van der Waals surface area (Å²) in [7, 11) is 0. The van der Waals surface area contributed by atoms with Crippen molar-refractivity contribution in [1.29, 1.82) is 0 Å². The molecule has 3 rings (SSSR count). The van der Waals surface area contributed by atoms with Crippen LogP contribution in [-0.2, 0) is 16.0 Å². The van der Waals surface area contributed by atoms with Crippen molar-refractivity contribution < 1.29 is 19.4 Å². The lowest BCUT2D eigenvalue weighted by Crippen LogP contribution is -2.34. The van der Waals surface area contributed by atoms with Gasteiger partial charge >= 0.3 is 6.03 Å². The zero-order chi connectivity index (χ0) is 16.9. The smallest absolute Gasteiger partial charge is 0.329 e. The maximum absolute atomic E-state index is 12.7. The summed E-state index contributed by atoms with van der Waals surface area (Å²) in [5, 5.41) is 12.7. The number of phenolic OH excluding ortho intramolecular Hbond substituents is 1. The van der Waals surface area contributed by atoms with Gasteiger partial charge in [0, 0.05) is 0 Å². The van der Waals surface area contributed by atoms with Crippen LogP contribution in [0.25, 0.3) is 0 Å². The fourth-order valence-corrected chi connectivity index (χ4v) is 2.32. The largest absolute Gasteiger partial charge is 0.506 e. The average molecular weight is 326 g/mol. The maximum Gasteiger partial charge on any atom is 0.329 e. The Kier molecular flexibility index (Phi) is 4.56. The van der Waals surface area contributed by atoms with Gasteiger partial charge in [0.25, 0.3) is 0 Å². The molecule has 0 radical (unpaired) electrons. The first kappa shape index (κ1) is 15.7. The third kappa shape index (κ3) is 3.60. The topological polar surface area (TPSA) is 71.0 Å². The first-order valence-corrected chi connectivity index (χ1v) is 7.50. The summed E-state index contributed by atoms with van der Waals surface area (Å²) < 4.78 is 10.4. The molecule has 1 aliphatic heterocycles. The molecule has 1 aliphatic rings. The van der Waals surface area contributed by atoms with Crippen LogP contribution in [0.1, 0.15) is 11.1 Å². The van der Waals surface area contributed by atoms with Crippen molar-refractivity contribution in [3.05, 3.63) is 71.8 Å². The van der Waals surface area contributed by atoms with Crippen LogP contribution < -0.4 is 5.32 Å². The van der Waals surface area contributed by atoms with E-state index in [1.165, 1.54) is 11.2 Å². The molecule has 6 heteroatoms. The quantitative estimate of drug-likeness (QED) is 0.843. The predicted octanol–water partition coefficient (Wildman–Crippen LogP) is 3.54. The molecule has 0 saturated heterocycles. The number of nitrogens with one attached hydrogen (secondary N) is 1. The second-order valence-corrected chi connectivity index (χ2v) is 5.41. The summed E-state index contributed by atoms with van der Waals surface area (Å²) >= 11 is 0. The van der Waals surface area contributed by atoms with Gasteiger partial charge in [0.1, 0.15) is 12.0 Å². The molecule has 0 spiro atoms. The SMILES string of the molecule is Cc1ccc(NC(=O)N(Cc2ccccc2)C2=COCO2)c(O)c1. The molecule has 0 bridgehead atoms. The highest BCUT2D eigenvalue weighted by Crippen LogP contribution is 2.25. The summed E-state index contributed by atoms with van der Waals surface area (Å²) in [5.41, 5.74) is 2.18. The van der Waals surface area contributed by atoms with Crippen LogP contribution >= 0.6 is 0 Å². The minimum absolute atomic E-state index is 0.0144. The van der Waals surface area contributed by atoms with Crippen LogP contribution in [0, 0.1) is 6.92 Å². The minimum Gasteiger partial charge on any atom is -0.506 e. The second kappa shape index (κ2) is 6.95. The lowest BCUT2D eigenvalue weighted by molar-refractivity contribution is 0.0554. The van der Waals surface area contributed by atoms with Crippen LogP contribution in [-0.4, -0.2) is 22.8 Å². The monoisotopic (exact) mass is 326 g/mol. The highest BCUT2D eigenvalue weighted by Gasteiger charge is 2.24. The number of urea groups is 1. The van der Waals surface area contributed by atoms with Gasteiger partial charge < -0.3 is 19.9 Å². The van der Waals surface area contributed by atoms with Crippen molar-refractivity contribution in [2.24, 2.45) is 0 Å². The van der Waals surface area contributed by atoms with E-state index in [1.54, 1.807) is 12.1 Å². The number of ether oxygens (including phenoxy) is 2. The Balaban J connectivity index is 1.80. The molecular weight excluding hydrogens is 308 g/mol. The number of anilines is 1. The van der Waals surface area contributed by atoms with Crippen LogP contribution in [0.5, 0.6) is 5.75 Å². The van der Waals surface area contributed by atoms with Gasteiger partial charge in [-0.2, -0.15) is 0 Å². The van der Waals surface area contributed by atoms with E-state index < -0.39 is 6.03 Å². The van der Waals surface area contributed by atoms with Crippen LogP contribution in [0.15, 0.2) is 60.7 Å². The zero-order valence-electron chi connectivity index (χ0n) is 13.2. The highest BCUT2D eigenvalue weighted by atomic mass is 16.7. The summed E-state index contributed by atoms with van der Waals surface area (Å²) in [5.74, 6) is 0.337. The Morgan fingerprint density at radius 3 is 2.71 bits per heavy atom. The molecule has 1 heterocycles. The van der Waals surface area contributed by atoms with E-state index in [4.69, 9.17) is 9.47 Å². The van der Waals surface area contributed by atoms with E-state index in [0.29, 0.717) is 18.1 Å². The number of rotatable bonds is 4. The molecule has 0 aromatic heterocycles. The summed E-state index contributed by atoms with van der Waals surface area (Å²) in [6.45, 7) is 2.25. The molecule has 24 heavy (non-hydrogen) atoms. The van der Waals surface area contributed by atoms with Crippen molar-refractivity contribution in [3.8, 4) is 5.75 Å². The third-order valence-corrected chi connectivity index (χ3v) is 3.55. The molecular formula is C18H18N2O4. The number of aromatic hydroxyl groups is 1. The molecule has 2 N–H and O–H groups in total. The van der Waals surface area contributed by atoms with Gasteiger partial charge in [-0.15, -0.1) is 0 Å². The molecule has 0 fully saturated rings. The van der Waals surface area contributed by atoms with Gasteiger partial charge in [-0.05, 0) is 30.2 Å². The number of carbonyl (C=O) groups is 1. The maximum atomic E-state index is 12.7. The van der Waals surface area contributed by atoms with Gasteiger partial charge in [-0.1, -0.05) is 36.4 Å². The van der Waals surface area contributed by atoms with E-state index in [1.807, 2.05) is 43.3 Å². The number of carbonyl (C=O) groups excluding carboxylic acids is 1. The first-order chi connectivity index (χ1) is 11.6. The number of hydrogen-bond acceptors (Lipinski definition) is 4. The Morgan fingerprint density at radius 1 is 1.25 bits per heavy atom. The van der Waals surface area contributed by atoms with E-state index in [0.717, 1.165) is 11.1 Å². The fraction of sp³-hybridized carbons (Fsp3) is 0.167. The number of phenols is 1. The van der Waals surface area contributed by atoms with Crippen molar-refractivity contribution in [2.75, 3.05) is 12.1 Å². The van der Waals surface area contributed by atoms with Crippen LogP contribution in [0.4, 0.5) is 10.5 Å².